The average Bonchev–Trinajstić information content (AvgIpc) is 3.16. The lowest BCUT2D eigenvalue weighted by atomic mass is 9.46. The van der Waals surface area contributed by atoms with E-state index in [0.29, 0.717) is 17.6 Å². The molecule has 120 valence electrons. The molecule has 23 heavy (non-hydrogen) atoms. The number of hydrogen-bond donors (Lipinski definition) is 1. The van der Waals surface area contributed by atoms with Crippen LogP contribution in [0.25, 0.3) is 0 Å². The van der Waals surface area contributed by atoms with Gasteiger partial charge in [0.05, 0.1) is 12.6 Å². The first-order valence-electron chi connectivity index (χ1n) is 8.80. The van der Waals surface area contributed by atoms with Crippen LogP contribution in [0.2, 0.25) is 0 Å². The number of benzene rings is 1. The van der Waals surface area contributed by atoms with Crippen LogP contribution >= 0.6 is 0 Å². The third-order valence-corrected chi connectivity index (χ3v) is 6.22. The highest BCUT2D eigenvalue weighted by Gasteiger charge is 2.66. The van der Waals surface area contributed by atoms with Gasteiger partial charge in [-0.2, -0.15) is 5.10 Å². The van der Waals surface area contributed by atoms with Gasteiger partial charge in [-0.1, -0.05) is 18.6 Å². The minimum absolute atomic E-state index is 0.439. The zero-order valence-electron chi connectivity index (χ0n) is 13.3. The highest BCUT2D eigenvalue weighted by molar-refractivity contribution is 5.48. The molecule has 1 N–H and O–H groups in total. The number of hydrogen-bond acceptors (Lipinski definition) is 3. The molecule has 2 saturated carbocycles. The zero-order valence-corrected chi connectivity index (χ0v) is 13.3. The molecule has 5 rings (SSSR count). The van der Waals surface area contributed by atoms with Crippen LogP contribution in [0.3, 0.4) is 0 Å². The molecular formula is C19H23N3O. The van der Waals surface area contributed by atoms with Gasteiger partial charge < -0.3 is 10.1 Å². The second kappa shape index (κ2) is 5.10. The van der Waals surface area contributed by atoms with Crippen molar-refractivity contribution in [2.75, 3.05) is 11.9 Å². The van der Waals surface area contributed by atoms with Crippen LogP contribution in [0, 0.1) is 11.3 Å². The largest absolute Gasteiger partial charge is 0.381 e. The molecule has 1 saturated heterocycles. The van der Waals surface area contributed by atoms with Crippen LogP contribution in [0.15, 0.2) is 42.7 Å². The van der Waals surface area contributed by atoms with Crippen molar-refractivity contribution >= 4 is 5.69 Å². The molecule has 1 aromatic carbocycles. The van der Waals surface area contributed by atoms with Gasteiger partial charge in [-0.15, -0.1) is 0 Å². The molecule has 3 aliphatic rings. The van der Waals surface area contributed by atoms with Crippen molar-refractivity contribution in [2.45, 2.75) is 44.4 Å². The van der Waals surface area contributed by atoms with Crippen LogP contribution in [-0.2, 0) is 11.3 Å². The van der Waals surface area contributed by atoms with Crippen LogP contribution < -0.4 is 5.32 Å². The monoisotopic (exact) mass is 309 g/mol. The highest BCUT2D eigenvalue weighted by Crippen LogP contribution is 2.63. The van der Waals surface area contributed by atoms with Crippen LogP contribution in [0.4, 0.5) is 5.69 Å². The van der Waals surface area contributed by atoms with E-state index in [4.69, 9.17) is 4.74 Å². The molecule has 0 bridgehead atoms. The summed E-state index contributed by atoms with van der Waals surface area (Å²) in [4.78, 5) is 0. The topological polar surface area (TPSA) is 39.1 Å². The Bertz CT molecular complexity index is 675. The fraction of sp³-hybridized carbons (Fsp3) is 0.526. The van der Waals surface area contributed by atoms with Crippen molar-refractivity contribution in [1.29, 1.82) is 0 Å². The Hall–Kier alpha value is -1.81. The summed E-state index contributed by atoms with van der Waals surface area (Å²) in [5.41, 5.74) is 2.97. The summed E-state index contributed by atoms with van der Waals surface area (Å²) in [6, 6.07) is 11.4. The van der Waals surface area contributed by atoms with Crippen molar-refractivity contribution in [3.05, 3.63) is 48.3 Å². The van der Waals surface area contributed by atoms with E-state index < -0.39 is 0 Å². The lowest BCUT2D eigenvalue weighted by Crippen LogP contribution is -2.68. The predicted molar refractivity (Wildman–Crippen MR) is 89.3 cm³/mol. The van der Waals surface area contributed by atoms with Crippen molar-refractivity contribution < 1.29 is 4.74 Å². The predicted octanol–water partition coefficient (Wildman–Crippen LogP) is 3.30. The molecule has 0 unspecified atom stereocenters. The van der Waals surface area contributed by atoms with Gasteiger partial charge in [-0.05, 0) is 43.0 Å². The Labute approximate surface area is 136 Å². The van der Waals surface area contributed by atoms with E-state index in [0.717, 1.165) is 19.1 Å². The lowest BCUT2D eigenvalue weighted by Gasteiger charge is -2.63. The molecule has 2 aromatic rings. The van der Waals surface area contributed by atoms with Gasteiger partial charge in [0.1, 0.15) is 0 Å². The molecule has 2 heterocycles. The fourth-order valence-corrected chi connectivity index (χ4v) is 4.92. The van der Waals surface area contributed by atoms with E-state index in [2.05, 4.69) is 34.7 Å². The summed E-state index contributed by atoms with van der Waals surface area (Å²) in [5, 5.41) is 8.09. The molecule has 0 radical (unpaired) electrons. The molecule has 1 spiro atoms. The third kappa shape index (κ3) is 2.04. The summed E-state index contributed by atoms with van der Waals surface area (Å²) in [5.74, 6) is 0.721. The van der Waals surface area contributed by atoms with Crippen LogP contribution in [-0.4, -0.2) is 28.5 Å². The molecular weight excluding hydrogens is 286 g/mol. The van der Waals surface area contributed by atoms with E-state index in [-0.39, 0.29) is 0 Å². The Balaban J connectivity index is 1.29. The maximum atomic E-state index is 6.01. The minimum atomic E-state index is 0.439. The second-order valence-electron chi connectivity index (χ2n) is 7.35. The first-order chi connectivity index (χ1) is 11.4. The molecule has 1 aromatic heterocycles. The molecule has 1 aliphatic heterocycles. The normalized spacial score (nSPS) is 30.5. The Morgan fingerprint density at radius 1 is 1.26 bits per heavy atom. The maximum absolute atomic E-state index is 6.01. The molecule has 0 amide bonds. The number of rotatable bonds is 4. The van der Waals surface area contributed by atoms with Gasteiger partial charge in [0, 0.05) is 42.1 Å². The second-order valence-corrected chi connectivity index (χ2v) is 7.35. The average molecular weight is 309 g/mol. The van der Waals surface area contributed by atoms with Crippen molar-refractivity contribution in [1.82, 2.24) is 9.78 Å². The zero-order chi connectivity index (χ0) is 15.3. The number of fused-ring (bicyclic) bond motifs is 2. The van der Waals surface area contributed by atoms with Crippen molar-refractivity contribution in [3.8, 4) is 0 Å². The van der Waals surface area contributed by atoms with Gasteiger partial charge in [0.15, 0.2) is 0 Å². The number of ether oxygens (including phenoxy) is 1. The van der Waals surface area contributed by atoms with E-state index in [1.807, 2.05) is 23.1 Å². The SMILES string of the molecule is c1cnn(Cc2ccc(N[C@@H]3[C@@H]4CCO[C@H]4C34CCC4)cc2)c1. The van der Waals surface area contributed by atoms with E-state index in [1.165, 1.54) is 36.9 Å². The lowest BCUT2D eigenvalue weighted by molar-refractivity contribution is -0.158. The van der Waals surface area contributed by atoms with Crippen LogP contribution in [0.1, 0.15) is 31.2 Å². The standard InChI is InChI=1S/C19H23N3O/c1-8-19(9-1)17(16-7-12-23-18(16)19)21-15-5-3-14(4-6-15)13-22-11-2-10-20-22/h2-6,10-11,16-18,21H,1,7-9,12-13H2/t16-,17+,18+/m0/s1. The first kappa shape index (κ1) is 13.6. The highest BCUT2D eigenvalue weighted by atomic mass is 16.5. The molecule has 3 atom stereocenters. The Kier molecular flexibility index (Phi) is 3.02. The third-order valence-electron chi connectivity index (χ3n) is 6.22. The summed E-state index contributed by atoms with van der Waals surface area (Å²) < 4.78 is 7.96. The van der Waals surface area contributed by atoms with Gasteiger partial charge in [-0.3, -0.25) is 4.68 Å². The maximum Gasteiger partial charge on any atom is 0.0699 e. The number of nitrogens with zero attached hydrogens (tertiary/aromatic N) is 2. The molecule has 4 heteroatoms. The summed E-state index contributed by atoms with van der Waals surface area (Å²) >= 11 is 0. The Morgan fingerprint density at radius 2 is 2.13 bits per heavy atom. The van der Waals surface area contributed by atoms with Crippen molar-refractivity contribution in [2.24, 2.45) is 11.3 Å². The van der Waals surface area contributed by atoms with Gasteiger partial charge in [-0.25, -0.2) is 0 Å². The molecule has 4 nitrogen and oxygen atoms in total. The number of aromatic nitrogens is 2. The quantitative estimate of drug-likeness (QED) is 0.942. The summed E-state index contributed by atoms with van der Waals surface area (Å²) in [6.45, 7) is 1.79. The van der Waals surface area contributed by atoms with E-state index >= 15 is 0 Å². The van der Waals surface area contributed by atoms with E-state index in [9.17, 15) is 0 Å². The van der Waals surface area contributed by atoms with Gasteiger partial charge in [0.25, 0.3) is 0 Å². The van der Waals surface area contributed by atoms with Crippen molar-refractivity contribution in [3.63, 3.8) is 0 Å². The number of nitrogens with one attached hydrogen (secondary N) is 1. The van der Waals surface area contributed by atoms with E-state index in [1.54, 1.807) is 0 Å². The summed E-state index contributed by atoms with van der Waals surface area (Å²) in [6.07, 6.45) is 9.63. The van der Waals surface area contributed by atoms with Crippen LogP contribution in [0.5, 0.6) is 0 Å². The Morgan fingerprint density at radius 3 is 2.83 bits per heavy atom. The molecule has 3 fully saturated rings. The first-order valence-corrected chi connectivity index (χ1v) is 8.80. The van der Waals surface area contributed by atoms with Gasteiger partial charge >= 0.3 is 0 Å². The fourth-order valence-electron chi connectivity index (χ4n) is 4.92. The summed E-state index contributed by atoms with van der Waals surface area (Å²) in [7, 11) is 0. The minimum Gasteiger partial charge on any atom is -0.381 e. The number of anilines is 1. The molecule has 2 aliphatic carbocycles. The smallest absolute Gasteiger partial charge is 0.0699 e. The van der Waals surface area contributed by atoms with Gasteiger partial charge in [0.2, 0.25) is 0 Å².